The van der Waals surface area contributed by atoms with Gasteiger partial charge in [-0.1, -0.05) is 46.1 Å². The molecule has 4 aliphatic rings. The third kappa shape index (κ3) is 3.52. The van der Waals surface area contributed by atoms with Crippen LogP contribution in [0.15, 0.2) is 11.6 Å². The molecule has 3 heteroatoms. The van der Waals surface area contributed by atoms with Crippen molar-refractivity contribution in [3.8, 4) is 0 Å². The number of aliphatic hydroxyl groups is 2. The van der Waals surface area contributed by atoms with E-state index in [0.717, 1.165) is 51.4 Å². The van der Waals surface area contributed by atoms with E-state index in [1.807, 2.05) is 13.0 Å². The van der Waals surface area contributed by atoms with Crippen molar-refractivity contribution >= 4 is 5.78 Å². The van der Waals surface area contributed by atoms with Gasteiger partial charge in [0.15, 0.2) is 5.78 Å². The van der Waals surface area contributed by atoms with Crippen molar-refractivity contribution in [2.24, 2.45) is 40.4 Å². The van der Waals surface area contributed by atoms with Crippen molar-refractivity contribution in [3.63, 3.8) is 0 Å². The molecule has 8 atom stereocenters. The maximum Gasteiger partial charge on any atom is 0.155 e. The molecule has 0 aromatic rings. The zero-order valence-electron chi connectivity index (χ0n) is 19.9. The molecule has 4 aliphatic carbocycles. The first-order chi connectivity index (χ1) is 14.0. The van der Waals surface area contributed by atoms with Crippen LogP contribution in [-0.2, 0) is 4.79 Å². The molecule has 0 aromatic carbocycles. The fraction of sp³-hybridized carbons (Fsp3) is 0.889. The number of ketones is 1. The highest BCUT2D eigenvalue weighted by molar-refractivity contribution is 5.91. The smallest absolute Gasteiger partial charge is 0.155 e. The van der Waals surface area contributed by atoms with Gasteiger partial charge in [-0.3, -0.25) is 4.79 Å². The Labute approximate surface area is 183 Å². The summed E-state index contributed by atoms with van der Waals surface area (Å²) in [6.07, 6.45) is 11.5. The summed E-state index contributed by atoms with van der Waals surface area (Å²) in [5, 5.41) is 22.8. The van der Waals surface area contributed by atoms with Crippen LogP contribution in [0.2, 0.25) is 0 Å². The number of carbonyl (C=O) groups excluding carboxylic acids is 1. The van der Waals surface area contributed by atoms with Crippen molar-refractivity contribution in [2.75, 3.05) is 0 Å². The highest BCUT2D eigenvalue weighted by atomic mass is 16.3. The lowest BCUT2D eigenvalue weighted by Gasteiger charge is -2.59. The van der Waals surface area contributed by atoms with Gasteiger partial charge in [0.25, 0.3) is 0 Å². The lowest BCUT2D eigenvalue weighted by atomic mass is 9.46. The van der Waals surface area contributed by atoms with E-state index in [1.165, 1.54) is 12.0 Å². The van der Waals surface area contributed by atoms with E-state index >= 15 is 0 Å². The molecule has 0 aromatic heterocycles. The molecule has 0 amide bonds. The fourth-order valence-electron chi connectivity index (χ4n) is 8.72. The lowest BCUT2D eigenvalue weighted by molar-refractivity contribution is -0.128. The second-order valence-corrected chi connectivity index (χ2v) is 12.4. The van der Waals surface area contributed by atoms with Crippen molar-refractivity contribution in [2.45, 2.75) is 111 Å². The Morgan fingerprint density at radius 2 is 1.90 bits per heavy atom. The maximum absolute atomic E-state index is 12.0. The number of allylic oxidation sites excluding steroid dienone is 1. The van der Waals surface area contributed by atoms with Crippen LogP contribution in [0.3, 0.4) is 0 Å². The Bertz CT molecular complexity index is 707. The van der Waals surface area contributed by atoms with E-state index in [1.54, 1.807) is 0 Å². The van der Waals surface area contributed by atoms with Gasteiger partial charge in [-0.05, 0) is 92.4 Å². The van der Waals surface area contributed by atoms with Crippen LogP contribution in [0.4, 0.5) is 0 Å². The first-order valence-electron chi connectivity index (χ1n) is 12.6. The predicted molar refractivity (Wildman–Crippen MR) is 121 cm³/mol. The van der Waals surface area contributed by atoms with Gasteiger partial charge in [-0.15, -0.1) is 0 Å². The fourth-order valence-corrected chi connectivity index (χ4v) is 8.72. The lowest BCUT2D eigenvalue weighted by Crippen LogP contribution is -2.54. The van der Waals surface area contributed by atoms with Gasteiger partial charge in [-0.25, -0.2) is 0 Å². The molecule has 0 spiro atoms. The molecule has 2 N–H and O–H groups in total. The Morgan fingerprint density at radius 1 is 1.17 bits per heavy atom. The second kappa shape index (κ2) is 7.73. The van der Waals surface area contributed by atoms with Gasteiger partial charge >= 0.3 is 0 Å². The van der Waals surface area contributed by atoms with Gasteiger partial charge in [0.2, 0.25) is 0 Å². The van der Waals surface area contributed by atoms with Crippen molar-refractivity contribution in [1.29, 1.82) is 0 Å². The van der Waals surface area contributed by atoms with Gasteiger partial charge in [-0.2, -0.15) is 0 Å². The molecular weight excluding hydrogens is 372 g/mol. The van der Waals surface area contributed by atoms with E-state index in [0.29, 0.717) is 35.9 Å². The molecule has 3 saturated carbocycles. The molecule has 0 aliphatic heterocycles. The third-order valence-corrected chi connectivity index (χ3v) is 10.1. The second-order valence-electron chi connectivity index (χ2n) is 12.4. The number of hydrogen-bond donors (Lipinski definition) is 2. The highest BCUT2D eigenvalue weighted by Crippen LogP contribution is 2.68. The van der Waals surface area contributed by atoms with Crippen LogP contribution in [0.5, 0.6) is 0 Å². The van der Waals surface area contributed by atoms with Crippen LogP contribution in [-0.4, -0.2) is 27.7 Å². The molecule has 0 radical (unpaired) electrons. The van der Waals surface area contributed by atoms with Crippen molar-refractivity contribution < 1.29 is 15.0 Å². The van der Waals surface area contributed by atoms with E-state index in [4.69, 9.17) is 0 Å². The van der Waals surface area contributed by atoms with E-state index in [-0.39, 0.29) is 16.7 Å². The Hall–Kier alpha value is -0.670. The van der Waals surface area contributed by atoms with Crippen LogP contribution in [0.1, 0.15) is 98.8 Å². The summed E-state index contributed by atoms with van der Waals surface area (Å²) in [4.78, 5) is 12.0. The maximum atomic E-state index is 12.0. The van der Waals surface area contributed by atoms with Gasteiger partial charge in [0.05, 0.1) is 11.7 Å². The summed E-state index contributed by atoms with van der Waals surface area (Å²) < 4.78 is 0. The Morgan fingerprint density at radius 3 is 2.60 bits per heavy atom. The van der Waals surface area contributed by atoms with Crippen molar-refractivity contribution in [3.05, 3.63) is 11.6 Å². The monoisotopic (exact) mass is 416 g/mol. The topological polar surface area (TPSA) is 57.5 Å². The van der Waals surface area contributed by atoms with Crippen LogP contribution >= 0.6 is 0 Å². The summed E-state index contributed by atoms with van der Waals surface area (Å²) in [7, 11) is 0. The number of carbonyl (C=O) groups is 1. The minimum atomic E-state index is -0.800. The predicted octanol–water partition coefficient (Wildman–Crippen LogP) is 5.68. The van der Waals surface area contributed by atoms with Crippen LogP contribution < -0.4 is 0 Å². The van der Waals surface area contributed by atoms with Gasteiger partial charge < -0.3 is 10.2 Å². The molecule has 4 unspecified atom stereocenters. The largest absolute Gasteiger partial charge is 0.393 e. The average molecular weight is 417 g/mol. The Balaban J connectivity index is 1.57. The minimum absolute atomic E-state index is 0.0178. The first-order valence-corrected chi connectivity index (χ1v) is 12.6. The van der Waals surface area contributed by atoms with Crippen molar-refractivity contribution in [1.82, 2.24) is 0 Å². The van der Waals surface area contributed by atoms with Gasteiger partial charge in [0.1, 0.15) is 0 Å². The summed E-state index contributed by atoms with van der Waals surface area (Å²) in [5.41, 5.74) is 0.788. The molecule has 3 nitrogen and oxygen atoms in total. The third-order valence-electron chi connectivity index (χ3n) is 10.1. The normalized spacial score (nSPS) is 45.4. The highest BCUT2D eigenvalue weighted by Gasteiger charge is 2.64. The van der Waals surface area contributed by atoms with Crippen LogP contribution in [0.25, 0.3) is 0 Å². The Kier molecular flexibility index (Phi) is 5.80. The van der Waals surface area contributed by atoms with E-state index < -0.39 is 11.7 Å². The molecular formula is C27H44O3. The summed E-state index contributed by atoms with van der Waals surface area (Å²) in [6, 6.07) is 0. The quantitative estimate of drug-likeness (QED) is 0.606. The summed E-state index contributed by atoms with van der Waals surface area (Å²) in [6.45, 7) is 11.3. The number of aliphatic hydroxyl groups excluding tert-OH is 1. The van der Waals surface area contributed by atoms with E-state index in [2.05, 4.69) is 27.7 Å². The standard InChI is InChI=1S/C27H44O3/c1-17(2)7-6-12-27(5,30)24-23(29)16-22-20-9-8-18-15-19(28)10-13-25(18,3)21(20)11-14-26(22,24)4/h15,17,20-24,29-30H,6-14,16H2,1-5H3/t20?,21?,22?,23-,24-,25-,26-,27?/m0/s1. The molecule has 170 valence electrons. The number of rotatable bonds is 5. The zero-order valence-corrected chi connectivity index (χ0v) is 19.9. The number of fused-ring (bicyclic) bond motifs is 5. The average Bonchev–Trinajstić information content (AvgIpc) is 2.92. The zero-order chi connectivity index (χ0) is 21.9. The summed E-state index contributed by atoms with van der Waals surface area (Å²) >= 11 is 0. The summed E-state index contributed by atoms with van der Waals surface area (Å²) in [5.74, 6) is 2.67. The molecule has 4 rings (SSSR count). The van der Waals surface area contributed by atoms with E-state index in [9.17, 15) is 15.0 Å². The SMILES string of the molecule is CC(C)CCCC(C)(O)[C@H]1[C@@H](O)CC2C3CCC4=CC(=O)CC[C@]4(C)C3CC[C@@]21C. The molecule has 0 saturated heterocycles. The minimum Gasteiger partial charge on any atom is -0.393 e. The molecule has 3 fully saturated rings. The number of hydrogen-bond acceptors (Lipinski definition) is 3. The molecule has 30 heavy (non-hydrogen) atoms. The van der Waals surface area contributed by atoms with Crippen LogP contribution in [0, 0.1) is 40.4 Å². The molecule has 0 bridgehead atoms. The first kappa shape index (κ1) is 22.5. The molecule has 0 heterocycles. The van der Waals surface area contributed by atoms with Gasteiger partial charge in [0, 0.05) is 12.3 Å².